The molecule has 0 aliphatic rings. The molecule has 0 aromatic heterocycles. The van der Waals surface area contributed by atoms with Gasteiger partial charge in [-0.1, -0.05) is 44.0 Å². The first-order valence-corrected chi connectivity index (χ1v) is 7.83. The van der Waals surface area contributed by atoms with Crippen molar-refractivity contribution in [2.75, 3.05) is 0 Å². The fourth-order valence-corrected chi connectivity index (χ4v) is 3.71. The molecule has 0 amide bonds. The Morgan fingerprint density at radius 3 is 2.11 bits per heavy atom. The first-order valence-electron chi connectivity index (χ1n) is 6.12. The molecule has 0 spiro atoms. The maximum Gasteiger partial charge on any atom is 0.123 e. The van der Waals surface area contributed by atoms with Gasteiger partial charge in [0.2, 0.25) is 0 Å². The molecule has 0 nitrogen and oxygen atoms in total. The second-order valence-electron chi connectivity index (χ2n) is 4.75. The topological polar surface area (TPSA) is 0 Å². The molecule has 2 aromatic carbocycles. The summed E-state index contributed by atoms with van der Waals surface area (Å²) in [6.07, 6.45) is 0.889. The number of benzene rings is 2. The third-order valence-electron chi connectivity index (χ3n) is 3.20. The zero-order valence-corrected chi connectivity index (χ0v) is 14.1. The van der Waals surface area contributed by atoms with Gasteiger partial charge in [0.15, 0.2) is 0 Å². The van der Waals surface area contributed by atoms with Gasteiger partial charge in [-0.3, -0.25) is 0 Å². The van der Waals surface area contributed by atoms with Crippen molar-refractivity contribution in [3.63, 3.8) is 0 Å². The van der Waals surface area contributed by atoms with Crippen molar-refractivity contribution in [3.05, 3.63) is 68.9 Å². The van der Waals surface area contributed by atoms with Crippen LogP contribution in [0.1, 0.15) is 27.1 Å². The fraction of sp³-hybridized carbons (Fsp3) is 0.250. The average molecular weight is 386 g/mol. The van der Waals surface area contributed by atoms with Gasteiger partial charge in [-0.25, -0.2) is 4.39 Å². The molecule has 0 radical (unpaired) electrons. The Labute approximate surface area is 130 Å². The van der Waals surface area contributed by atoms with Crippen LogP contribution in [0.4, 0.5) is 4.39 Å². The maximum absolute atomic E-state index is 13.3. The average Bonchev–Trinajstić information content (AvgIpc) is 2.30. The summed E-state index contributed by atoms with van der Waals surface area (Å²) in [6, 6.07) is 11.5. The largest absolute Gasteiger partial charge is 0.207 e. The second-order valence-corrected chi connectivity index (χ2v) is 6.77. The van der Waals surface area contributed by atoms with Crippen LogP contribution in [0.15, 0.2) is 40.9 Å². The Hall–Kier alpha value is -0.670. The monoisotopic (exact) mass is 384 g/mol. The van der Waals surface area contributed by atoms with Crippen LogP contribution in [0, 0.1) is 19.7 Å². The zero-order valence-electron chi connectivity index (χ0n) is 10.9. The van der Waals surface area contributed by atoms with E-state index in [9.17, 15) is 4.39 Å². The molecule has 19 heavy (non-hydrogen) atoms. The molecule has 0 bridgehead atoms. The van der Waals surface area contributed by atoms with Crippen LogP contribution < -0.4 is 0 Å². The molecule has 3 heteroatoms. The Balaban J connectivity index is 2.25. The van der Waals surface area contributed by atoms with E-state index < -0.39 is 0 Å². The van der Waals surface area contributed by atoms with E-state index in [2.05, 4.69) is 44.0 Å². The Bertz CT molecular complexity index is 553. The summed E-state index contributed by atoms with van der Waals surface area (Å²) >= 11 is 7.17. The number of alkyl halides is 1. The molecule has 2 rings (SSSR count). The van der Waals surface area contributed by atoms with Crippen molar-refractivity contribution in [2.45, 2.75) is 25.1 Å². The molecular formula is C16H15Br2F. The molecular weight excluding hydrogens is 371 g/mol. The van der Waals surface area contributed by atoms with Gasteiger partial charge in [-0.05, 0) is 66.8 Å². The molecule has 0 aliphatic heterocycles. The highest BCUT2D eigenvalue weighted by Gasteiger charge is 2.14. The molecule has 1 unspecified atom stereocenters. The quantitative estimate of drug-likeness (QED) is 0.578. The molecule has 0 fully saturated rings. The van der Waals surface area contributed by atoms with E-state index >= 15 is 0 Å². The fourth-order valence-electron chi connectivity index (χ4n) is 2.35. The predicted octanol–water partition coefficient (Wildman–Crippen LogP) is 5.88. The van der Waals surface area contributed by atoms with E-state index in [1.54, 1.807) is 12.1 Å². The minimum Gasteiger partial charge on any atom is -0.207 e. The van der Waals surface area contributed by atoms with Crippen LogP contribution >= 0.6 is 31.9 Å². The molecule has 0 saturated heterocycles. The summed E-state index contributed by atoms with van der Waals surface area (Å²) < 4.78 is 14.4. The van der Waals surface area contributed by atoms with Gasteiger partial charge in [0.05, 0.1) is 0 Å². The van der Waals surface area contributed by atoms with Gasteiger partial charge in [-0.2, -0.15) is 0 Å². The highest BCUT2D eigenvalue weighted by molar-refractivity contribution is 9.10. The lowest BCUT2D eigenvalue weighted by atomic mass is 9.96. The number of hydrogen-bond acceptors (Lipinski definition) is 0. The summed E-state index contributed by atoms with van der Waals surface area (Å²) in [6.45, 7) is 3.92. The van der Waals surface area contributed by atoms with Gasteiger partial charge in [0.1, 0.15) is 5.82 Å². The third-order valence-corrected chi connectivity index (χ3v) is 4.51. The highest BCUT2D eigenvalue weighted by atomic mass is 79.9. The van der Waals surface area contributed by atoms with Crippen LogP contribution in [0.3, 0.4) is 0 Å². The summed E-state index contributed by atoms with van der Waals surface area (Å²) in [4.78, 5) is 0.203. The first kappa shape index (κ1) is 14.7. The van der Waals surface area contributed by atoms with E-state index in [1.165, 1.54) is 11.1 Å². The predicted molar refractivity (Wildman–Crippen MR) is 85.4 cm³/mol. The van der Waals surface area contributed by atoms with Crippen molar-refractivity contribution in [2.24, 2.45) is 0 Å². The minimum atomic E-state index is -0.165. The van der Waals surface area contributed by atoms with Gasteiger partial charge < -0.3 is 0 Å². The minimum absolute atomic E-state index is 0.165. The van der Waals surface area contributed by atoms with Crippen molar-refractivity contribution >= 4 is 31.9 Å². The number of hydrogen-bond donors (Lipinski definition) is 0. The lowest BCUT2D eigenvalue weighted by Crippen LogP contribution is -2.01. The van der Waals surface area contributed by atoms with Gasteiger partial charge in [0.25, 0.3) is 0 Å². The summed E-state index contributed by atoms with van der Waals surface area (Å²) in [5.41, 5.74) is 4.44. The Morgan fingerprint density at radius 2 is 1.58 bits per heavy atom. The van der Waals surface area contributed by atoms with Crippen LogP contribution in [0.2, 0.25) is 0 Å². The van der Waals surface area contributed by atoms with Gasteiger partial charge in [-0.15, -0.1) is 0 Å². The van der Waals surface area contributed by atoms with Crippen molar-refractivity contribution in [1.29, 1.82) is 0 Å². The SMILES string of the molecule is Cc1cc(F)cc(C)c1C(Br)Cc1ccc(Br)cc1. The standard InChI is InChI=1S/C16H15Br2F/c1-10-7-14(19)8-11(2)16(10)15(18)9-12-3-5-13(17)6-4-12/h3-8,15H,9H2,1-2H3. The lowest BCUT2D eigenvalue weighted by Gasteiger charge is -2.16. The third kappa shape index (κ3) is 3.67. The number of rotatable bonds is 3. The van der Waals surface area contributed by atoms with Crippen LogP contribution in [-0.4, -0.2) is 0 Å². The molecule has 0 N–H and O–H groups in total. The number of aryl methyl sites for hydroxylation is 2. The van der Waals surface area contributed by atoms with E-state index in [1.807, 2.05) is 26.0 Å². The molecule has 0 heterocycles. The van der Waals surface area contributed by atoms with Crippen LogP contribution in [-0.2, 0) is 6.42 Å². The van der Waals surface area contributed by atoms with E-state index in [-0.39, 0.29) is 10.6 Å². The van der Waals surface area contributed by atoms with E-state index in [0.29, 0.717) is 0 Å². The Morgan fingerprint density at radius 1 is 1.05 bits per heavy atom. The van der Waals surface area contributed by atoms with Crippen LogP contribution in [0.25, 0.3) is 0 Å². The first-order chi connectivity index (χ1) is 8.97. The molecule has 1 atom stereocenters. The highest BCUT2D eigenvalue weighted by Crippen LogP contribution is 2.32. The molecule has 2 aromatic rings. The maximum atomic E-state index is 13.3. The Kier molecular flexibility index (Phi) is 4.80. The van der Waals surface area contributed by atoms with Crippen LogP contribution in [0.5, 0.6) is 0 Å². The van der Waals surface area contributed by atoms with Gasteiger partial charge in [0, 0.05) is 9.30 Å². The molecule has 0 saturated carbocycles. The summed E-state index contributed by atoms with van der Waals surface area (Å²) in [5.74, 6) is -0.165. The summed E-state index contributed by atoms with van der Waals surface area (Å²) in [7, 11) is 0. The van der Waals surface area contributed by atoms with Gasteiger partial charge >= 0.3 is 0 Å². The number of halogens is 3. The summed E-state index contributed by atoms with van der Waals surface area (Å²) in [5, 5.41) is 0. The smallest absolute Gasteiger partial charge is 0.123 e. The molecule has 0 aliphatic carbocycles. The van der Waals surface area contributed by atoms with Crippen molar-refractivity contribution in [3.8, 4) is 0 Å². The van der Waals surface area contributed by atoms with Crippen molar-refractivity contribution < 1.29 is 4.39 Å². The van der Waals surface area contributed by atoms with Crippen molar-refractivity contribution in [1.82, 2.24) is 0 Å². The zero-order chi connectivity index (χ0) is 14.0. The second kappa shape index (κ2) is 6.19. The lowest BCUT2D eigenvalue weighted by molar-refractivity contribution is 0.624. The van der Waals surface area contributed by atoms with E-state index in [4.69, 9.17) is 0 Å². The van der Waals surface area contributed by atoms with E-state index in [0.717, 1.165) is 22.0 Å². The normalized spacial score (nSPS) is 12.5. The molecule has 100 valence electrons.